The Morgan fingerprint density at radius 2 is 1.92 bits per heavy atom. The van der Waals surface area contributed by atoms with E-state index in [2.05, 4.69) is 4.98 Å². The maximum atomic E-state index is 13.0. The van der Waals surface area contributed by atoms with Crippen LogP contribution in [0.3, 0.4) is 0 Å². The maximum absolute atomic E-state index is 13.0. The fourth-order valence-corrected chi connectivity index (χ4v) is 2.88. The fraction of sp³-hybridized carbons (Fsp3) is 0.200. The number of rotatable bonds is 4. The average molecular weight is 339 g/mol. The molecule has 3 rings (SSSR count). The highest BCUT2D eigenvalue weighted by molar-refractivity contribution is 6.01. The molecule has 0 saturated carbocycles. The van der Waals surface area contributed by atoms with Crippen molar-refractivity contribution in [2.24, 2.45) is 0 Å². The monoisotopic (exact) mass is 339 g/mol. The van der Waals surface area contributed by atoms with Gasteiger partial charge in [-0.25, -0.2) is 9.18 Å². The molecule has 0 radical (unpaired) electrons. The second-order valence-corrected chi connectivity index (χ2v) is 5.82. The molecule has 128 valence electrons. The molecule has 0 spiro atoms. The number of fused-ring (bicyclic) bond motifs is 1. The van der Waals surface area contributed by atoms with Gasteiger partial charge in [0.05, 0.1) is 7.11 Å². The molecule has 25 heavy (non-hydrogen) atoms. The Balaban J connectivity index is 2.07. The first-order chi connectivity index (χ1) is 12.0. The summed E-state index contributed by atoms with van der Waals surface area (Å²) >= 11 is 0. The molecule has 2 aromatic carbocycles. The van der Waals surface area contributed by atoms with Gasteiger partial charge in [0.25, 0.3) is 0 Å². The summed E-state index contributed by atoms with van der Waals surface area (Å²) in [5.41, 5.74) is 3.31. The smallest absolute Gasteiger partial charge is 0.341 e. The minimum absolute atomic E-state index is 0.116. The number of aryl methyl sites for hydroxylation is 1. The summed E-state index contributed by atoms with van der Waals surface area (Å²) in [6.07, 6.45) is 2.94. The van der Waals surface area contributed by atoms with Crippen LogP contribution in [0, 0.1) is 5.82 Å². The summed E-state index contributed by atoms with van der Waals surface area (Å²) < 4.78 is 17.8. The molecule has 1 N–H and O–H groups in total. The minimum atomic E-state index is -0.591. The van der Waals surface area contributed by atoms with Crippen LogP contribution in [0.4, 0.5) is 4.39 Å². The van der Waals surface area contributed by atoms with Gasteiger partial charge in [-0.2, -0.15) is 0 Å². The molecule has 5 heteroatoms. The Hall–Kier alpha value is -2.95. The summed E-state index contributed by atoms with van der Waals surface area (Å²) in [4.78, 5) is 16.2. The Morgan fingerprint density at radius 3 is 2.56 bits per heavy atom. The van der Waals surface area contributed by atoms with E-state index in [1.54, 1.807) is 24.4 Å². The molecule has 0 aliphatic carbocycles. The van der Waals surface area contributed by atoms with Gasteiger partial charge in [0.15, 0.2) is 5.75 Å². The molecule has 3 aromatic rings. The van der Waals surface area contributed by atoms with Crippen molar-refractivity contribution in [2.45, 2.75) is 19.8 Å². The normalized spacial score (nSPS) is 10.8. The number of pyridine rings is 1. The van der Waals surface area contributed by atoms with Crippen LogP contribution >= 0.6 is 0 Å². The zero-order valence-electron chi connectivity index (χ0n) is 14.0. The van der Waals surface area contributed by atoms with Crippen molar-refractivity contribution in [3.8, 4) is 5.75 Å². The van der Waals surface area contributed by atoms with Crippen LogP contribution < -0.4 is 0 Å². The molecule has 4 nitrogen and oxygen atoms in total. The molecular weight excluding hydrogens is 321 g/mol. The molecule has 1 aromatic heterocycles. The van der Waals surface area contributed by atoms with Crippen molar-refractivity contribution in [1.29, 1.82) is 0 Å². The summed E-state index contributed by atoms with van der Waals surface area (Å²) in [6, 6.07) is 9.92. The van der Waals surface area contributed by atoms with Crippen LogP contribution in [0.15, 0.2) is 42.6 Å². The molecule has 1 heterocycles. The predicted molar refractivity (Wildman–Crippen MR) is 93.3 cm³/mol. The van der Waals surface area contributed by atoms with Gasteiger partial charge in [-0.05, 0) is 53.8 Å². The number of phenols is 1. The van der Waals surface area contributed by atoms with Gasteiger partial charge in [0.2, 0.25) is 0 Å². The van der Waals surface area contributed by atoms with Crippen LogP contribution in [0.5, 0.6) is 5.75 Å². The molecule has 0 saturated heterocycles. The number of halogens is 1. The van der Waals surface area contributed by atoms with Crippen LogP contribution in [-0.2, 0) is 17.6 Å². The second kappa shape index (κ2) is 6.89. The lowest BCUT2D eigenvalue weighted by Crippen LogP contribution is -2.04. The number of nitrogens with zero attached hydrogens (tertiary/aromatic N) is 1. The Labute approximate surface area is 144 Å². The third kappa shape index (κ3) is 3.31. The van der Waals surface area contributed by atoms with E-state index in [-0.39, 0.29) is 17.1 Å². The zero-order valence-corrected chi connectivity index (χ0v) is 14.0. The number of methoxy groups -OCH3 is 1. The van der Waals surface area contributed by atoms with E-state index in [4.69, 9.17) is 4.74 Å². The summed E-state index contributed by atoms with van der Waals surface area (Å²) in [7, 11) is 1.27. The van der Waals surface area contributed by atoms with Gasteiger partial charge in [-0.15, -0.1) is 0 Å². The highest BCUT2D eigenvalue weighted by Crippen LogP contribution is 2.32. The lowest BCUT2D eigenvalue weighted by atomic mass is 9.98. The zero-order chi connectivity index (χ0) is 18.0. The summed E-state index contributed by atoms with van der Waals surface area (Å²) in [5, 5.41) is 11.2. The molecule has 0 unspecified atom stereocenters. The number of carbonyl (C=O) groups excluding carboxylic acids is 1. The number of hydrogen-bond acceptors (Lipinski definition) is 4. The summed E-state index contributed by atoms with van der Waals surface area (Å²) in [6.45, 7) is 1.97. The van der Waals surface area contributed by atoms with E-state index in [1.165, 1.54) is 19.2 Å². The van der Waals surface area contributed by atoms with Crippen molar-refractivity contribution >= 4 is 16.9 Å². The first-order valence-electron chi connectivity index (χ1n) is 7.99. The number of aromatic hydroxyl groups is 1. The molecule has 0 amide bonds. The molecule has 0 bridgehead atoms. The largest absolute Gasteiger partial charge is 0.505 e. The summed E-state index contributed by atoms with van der Waals surface area (Å²) in [5.74, 6) is -1.03. The van der Waals surface area contributed by atoms with Crippen molar-refractivity contribution < 1.29 is 19.0 Å². The lowest BCUT2D eigenvalue weighted by Gasteiger charge is -2.12. The van der Waals surface area contributed by atoms with Gasteiger partial charge < -0.3 is 9.84 Å². The standard InChI is InChI=1S/C20H18FNO3/c1-3-14-10-17(20(24)25-2)19(23)18-16(14)9-13(11-22-18)8-12-4-6-15(21)7-5-12/h4-7,9-11,23H,3,8H2,1-2H3. The van der Waals surface area contributed by atoms with Gasteiger partial charge in [0, 0.05) is 11.6 Å². The molecular formula is C20H18FNO3. The maximum Gasteiger partial charge on any atom is 0.341 e. The Morgan fingerprint density at radius 1 is 1.20 bits per heavy atom. The molecule has 0 aliphatic rings. The molecule has 0 aliphatic heterocycles. The van der Waals surface area contributed by atoms with Crippen molar-refractivity contribution in [3.63, 3.8) is 0 Å². The number of esters is 1. The topological polar surface area (TPSA) is 59.4 Å². The van der Waals surface area contributed by atoms with Crippen molar-refractivity contribution in [1.82, 2.24) is 4.98 Å². The van der Waals surface area contributed by atoms with E-state index in [1.807, 2.05) is 13.0 Å². The number of benzene rings is 2. The number of hydrogen-bond donors (Lipinski definition) is 1. The third-order valence-electron chi connectivity index (χ3n) is 4.20. The van der Waals surface area contributed by atoms with Crippen LogP contribution in [0.2, 0.25) is 0 Å². The molecule has 0 atom stereocenters. The number of aromatic nitrogens is 1. The van der Waals surface area contributed by atoms with E-state index >= 15 is 0 Å². The second-order valence-electron chi connectivity index (χ2n) is 5.82. The number of phenolic OH excluding ortho intramolecular Hbond substituents is 1. The van der Waals surface area contributed by atoms with E-state index in [0.29, 0.717) is 18.4 Å². The first kappa shape index (κ1) is 16.9. The molecule has 0 fully saturated rings. The highest BCUT2D eigenvalue weighted by atomic mass is 19.1. The Bertz CT molecular complexity index is 936. The number of ether oxygens (including phenoxy) is 1. The van der Waals surface area contributed by atoms with Crippen molar-refractivity contribution in [3.05, 3.63) is 70.7 Å². The minimum Gasteiger partial charge on any atom is -0.505 e. The lowest BCUT2D eigenvalue weighted by molar-refractivity contribution is 0.0597. The van der Waals surface area contributed by atoms with E-state index in [0.717, 1.165) is 22.1 Å². The quantitative estimate of drug-likeness (QED) is 0.730. The van der Waals surface area contributed by atoms with Gasteiger partial charge in [-0.1, -0.05) is 19.1 Å². The van der Waals surface area contributed by atoms with E-state index in [9.17, 15) is 14.3 Å². The first-order valence-corrected chi connectivity index (χ1v) is 7.99. The number of carbonyl (C=O) groups is 1. The fourth-order valence-electron chi connectivity index (χ4n) is 2.88. The predicted octanol–water partition coefficient (Wildman–Crippen LogP) is 4.02. The van der Waals surface area contributed by atoms with Crippen LogP contribution in [0.1, 0.15) is 34.0 Å². The van der Waals surface area contributed by atoms with Gasteiger partial charge in [-0.3, -0.25) is 4.98 Å². The van der Waals surface area contributed by atoms with Gasteiger partial charge >= 0.3 is 5.97 Å². The Kier molecular flexibility index (Phi) is 4.65. The van der Waals surface area contributed by atoms with Crippen LogP contribution in [-0.4, -0.2) is 23.2 Å². The SMILES string of the molecule is CCc1cc(C(=O)OC)c(O)c2ncc(Cc3ccc(F)cc3)cc12. The highest BCUT2D eigenvalue weighted by Gasteiger charge is 2.18. The van der Waals surface area contributed by atoms with Crippen molar-refractivity contribution in [2.75, 3.05) is 7.11 Å². The third-order valence-corrected chi connectivity index (χ3v) is 4.20. The van der Waals surface area contributed by atoms with Crippen LogP contribution in [0.25, 0.3) is 10.9 Å². The average Bonchev–Trinajstić information content (AvgIpc) is 2.63. The van der Waals surface area contributed by atoms with E-state index < -0.39 is 5.97 Å². The van der Waals surface area contributed by atoms with Gasteiger partial charge in [0.1, 0.15) is 16.9 Å².